The van der Waals surface area contributed by atoms with E-state index in [0.717, 1.165) is 51.4 Å². The van der Waals surface area contributed by atoms with E-state index in [9.17, 15) is 19.8 Å². The number of nitrogens with one attached hydrogen (secondary N) is 1. The maximum atomic E-state index is 12.5. The molecule has 0 radical (unpaired) electrons. The van der Waals surface area contributed by atoms with E-state index in [1.807, 2.05) is 6.08 Å². The van der Waals surface area contributed by atoms with Crippen molar-refractivity contribution in [2.45, 2.75) is 450 Å². The maximum absolute atomic E-state index is 12.5. The molecular formula is C80H153NO5. The normalized spacial score (nSPS) is 12.7. The van der Waals surface area contributed by atoms with Gasteiger partial charge >= 0.3 is 5.97 Å². The predicted molar refractivity (Wildman–Crippen MR) is 379 cm³/mol. The number of rotatable bonds is 74. The molecule has 0 aromatic rings. The second kappa shape index (κ2) is 75.5. The minimum atomic E-state index is -0.841. The molecule has 0 saturated carbocycles. The number of carbonyl (C=O) groups is 2. The Morgan fingerprint density at radius 2 is 0.581 bits per heavy atom. The highest BCUT2D eigenvalue weighted by Gasteiger charge is 2.18. The van der Waals surface area contributed by atoms with Gasteiger partial charge in [-0.25, -0.2) is 0 Å². The molecule has 0 aromatic heterocycles. The summed E-state index contributed by atoms with van der Waals surface area (Å²) < 4.78 is 5.52. The number of unbranched alkanes of at least 4 members (excludes halogenated alkanes) is 59. The molecule has 3 N–H and O–H groups in total. The van der Waals surface area contributed by atoms with Gasteiger partial charge in [-0.1, -0.05) is 397 Å². The van der Waals surface area contributed by atoms with Crippen LogP contribution in [-0.4, -0.2) is 47.4 Å². The van der Waals surface area contributed by atoms with E-state index in [0.29, 0.717) is 19.4 Å². The minimum Gasteiger partial charge on any atom is -0.466 e. The van der Waals surface area contributed by atoms with Gasteiger partial charge in [-0.3, -0.25) is 9.59 Å². The van der Waals surface area contributed by atoms with Crippen molar-refractivity contribution in [1.82, 2.24) is 5.32 Å². The van der Waals surface area contributed by atoms with Crippen molar-refractivity contribution in [3.8, 4) is 0 Å². The van der Waals surface area contributed by atoms with E-state index >= 15 is 0 Å². The highest BCUT2D eigenvalue weighted by Crippen LogP contribution is 2.20. The molecule has 508 valence electrons. The monoisotopic (exact) mass is 1210 g/mol. The van der Waals surface area contributed by atoms with Gasteiger partial charge in [0.05, 0.1) is 25.4 Å². The van der Waals surface area contributed by atoms with Crippen molar-refractivity contribution in [3.05, 3.63) is 36.5 Å². The maximum Gasteiger partial charge on any atom is 0.305 e. The molecule has 0 aliphatic rings. The zero-order valence-corrected chi connectivity index (χ0v) is 58.3. The Kier molecular flexibility index (Phi) is 73.9. The van der Waals surface area contributed by atoms with Crippen LogP contribution in [0.5, 0.6) is 0 Å². The summed E-state index contributed by atoms with van der Waals surface area (Å²) in [5.41, 5.74) is 0. The van der Waals surface area contributed by atoms with Crippen LogP contribution in [0, 0.1) is 0 Å². The molecule has 6 heteroatoms. The van der Waals surface area contributed by atoms with Crippen molar-refractivity contribution in [1.29, 1.82) is 0 Å². The van der Waals surface area contributed by atoms with E-state index in [1.165, 1.54) is 360 Å². The van der Waals surface area contributed by atoms with Crippen LogP contribution < -0.4 is 5.32 Å². The Morgan fingerprint density at radius 1 is 0.326 bits per heavy atom. The predicted octanol–water partition coefficient (Wildman–Crippen LogP) is 25.8. The molecule has 0 fully saturated rings. The second-order valence-corrected chi connectivity index (χ2v) is 27.0. The fourth-order valence-electron chi connectivity index (χ4n) is 12.4. The average Bonchev–Trinajstić information content (AvgIpc) is 3.59. The number of aliphatic hydroxyl groups excluding tert-OH is 2. The van der Waals surface area contributed by atoms with E-state index in [1.54, 1.807) is 6.08 Å². The summed E-state index contributed by atoms with van der Waals surface area (Å²) in [6.45, 7) is 4.92. The van der Waals surface area contributed by atoms with Crippen LogP contribution in [0.3, 0.4) is 0 Å². The van der Waals surface area contributed by atoms with Crippen molar-refractivity contribution < 1.29 is 24.5 Å². The van der Waals surface area contributed by atoms with Gasteiger partial charge in [-0.05, 0) is 64.2 Å². The molecule has 0 bridgehead atoms. The first-order valence-electron chi connectivity index (χ1n) is 39.3. The molecule has 0 aromatic carbocycles. The first kappa shape index (κ1) is 84.1. The third-order valence-electron chi connectivity index (χ3n) is 18.4. The Labute approximate surface area is 538 Å². The van der Waals surface area contributed by atoms with Gasteiger partial charge in [-0.15, -0.1) is 0 Å². The zero-order chi connectivity index (χ0) is 62.0. The summed E-state index contributed by atoms with van der Waals surface area (Å²) in [5.74, 6) is -0.0414. The largest absolute Gasteiger partial charge is 0.466 e. The number of amides is 1. The average molecular weight is 1210 g/mol. The molecular weight excluding hydrogens is 1050 g/mol. The Balaban J connectivity index is 3.32. The summed E-state index contributed by atoms with van der Waals surface area (Å²) in [6, 6.07) is -0.624. The lowest BCUT2D eigenvalue weighted by atomic mass is 10.0. The second-order valence-electron chi connectivity index (χ2n) is 27.0. The van der Waals surface area contributed by atoms with Gasteiger partial charge < -0.3 is 20.3 Å². The standard InChI is InChI=1S/C80H153NO5/c1-3-5-7-9-11-13-15-17-19-21-37-42-46-50-54-58-62-66-70-74-80(85)86-75-71-67-63-59-55-51-47-43-39-36-34-32-30-28-26-24-22-23-25-27-29-31-33-35-38-41-45-49-53-57-61-65-69-73-79(84)81-77(76-82)78(83)72-68-64-60-56-52-48-44-40-20-18-16-14-12-10-8-6-4-2/h11,13,17,19,68,72,77-78,82-83H,3-10,12,14-16,18,20-67,69-71,73-76H2,1-2H3,(H,81,84)/b13-11-,19-17-,72-68+. The molecule has 86 heavy (non-hydrogen) atoms. The third kappa shape index (κ3) is 71.2. The van der Waals surface area contributed by atoms with Crippen molar-refractivity contribution in [2.24, 2.45) is 0 Å². The molecule has 2 atom stereocenters. The number of hydrogen-bond donors (Lipinski definition) is 3. The van der Waals surface area contributed by atoms with Gasteiger partial charge in [0.2, 0.25) is 5.91 Å². The fraction of sp³-hybridized carbons (Fsp3) is 0.900. The highest BCUT2D eigenvalue weighted by atomic mass is 16.5. The topological polar surface area (TPSA) is 95.9 Å². The molecule has 1 amide bonds. The fourth-order valence-corrected chi connectivity index (χ4v) is 12.4. The Morgan fingerprint density at radius 3 is 0.907 bits per heavy atom. The summed E-state index contributed by atoms with van der Waals surface area (Å²) in [5, 5.41) is 23.2. The van der Waals surface area contributed by atoms with Crippen molar-refractivity contribution >= 4 is 11.9 Å². The van der Waals surface area contributed by atoms with Crippen LogP contribution in [0.2, 0.25) is 0 Å². The first-order valence-corrected chi connectivity index (χ1v) is 39.3. The molecule has 0 heterocycles. The van der Waals surface area contributed by atoms with E-state index < -0.39 is 12.1 Å². The summed E-state index contributed by atoms with van der Waals surface area (Å²) >= 11 is 0. The quantitative estimate of drug-likeness (QED) is 0.0320. The number of ether oxygens (including phenoxy) is 1. The van der Waals surface area contributed by atoms with Crippen LogP contribution in [-0.2, 0) is 14.3 Å². The highest BCUT2D eigenvalue weighted by molar-refractivity contribution is 5.76. The van der Waals surface area contributed by atoms with E-state index in [-0.39, 0.29) is 18.5 Å². The summed E-state index contributed by atoms with van der Waals surface area (Å²) in [4.78, 5) is 24.6. The molecule has 0 aliphatic heterocycles. The molecule has 0 aliphatic carbocycles. The van der Waals surface area contributed by atoms with Crippen LogP contribution in [0.1, 0.15) is 438 Å². The lowest BCUT2D eigenvalue weighted by Gasteiger charge is -2.20. The SMILES string of the molecule is CCCCC/C=C\C/C=C\CCCCCCCCCCCC(=O)OCCCCCCCCCCCCCCCCCCCCCCCCCCCCCCCCCCCC(=O)NC(CO)C(O)/C=C/CCCCCCCCCCCCCCCCC. The van der Waals surface area contributed by atoms with Gasteiger partial charge in [0, 0.05) is 12.8 Å². The Bertz CT molecular complexity index is 1390. The number of esters is 1. The van der Waals surface area contributed by atoms with Crippen LogP contribution in [0.4, 0.5) is 0 Å². The molecule has 0 rings (SSSR count). The van der Waals surface area contributed by atoms with Crippen molar-refractivity contribution in [3.63, 3.8) is 0 Å². The van der Waals surface area contributed by atoms with Crippen molar-refractivity contribution in [2.75, 3.05) is 13.2 Å². The molecule has 2 unspecified atom stereocenters. The van der Waals surface area contributed by atoms with Gasteiger partial charge in [0.1, 0.15) is 0 Å². The number of carbonyl (C=O) groups excluding carboxylic acids is 2. The minimum absolute atomic E-state index is 0.0183. The summed E-state index contributed by atoms with van der Waals surface area (Å²) in [7, 11) is 0. The third-order valence-corrected chi connectivity index (χ3v) is 18.4. The van der Waals surface area contributed by atoms with E-state index in [4.69, 9.17) is 4.74 Å². The van der Waals surface area contributed by atoms with Crippen LogP contribution in [0.25, 0.3) is 0 Å². The summed E-state index contributed by atoms with van der Waals surface area (Å²) in [6.07, 6.45) is 98.4. The van der Waals surface area contributed by atoms with Gasteiger partial charge in [-0.2, -0.15) is 0 Å². The number of aliphatic hydroxyl groups is 2. The van der Waals surface area contributed by atoms with Crippen LogP contribution >= 0.6 is 0 Å². The number of allylic oxidation sites excluding steroid dienone is 5. The zero-order valence-electron chi connectivity index (χ0n) is 58.3. The van der Waals surface area contributed by atoms with Gasteiger partial charge in [0.15, 0.2) is 0 Å². The lowest BCUT2D eigenvalue weighted by molar-refractivity contribution is -0.143. The smallest absolute Gasteiger partial charge is 0.305 e. The molecule has 6 nitrogen and oxygen atoms in total. The first-order chi connectivity index (χ1) is 42.5. The van der Waals surface area contributed by atoms with Gasteiger partial charge in [0.25, 0.3) is 0 Å². The van der Waals surface area contributed by atoms with Crippen LogP contribution in [0.15, 0.2) is 36.5 Å². The molecule has 0 saturated heterocycles. The Hall–Kier alpha value is -1.92. The number of hydrogen-bond acceptors (Lipinski definition) is 5. The van der Waals surface area contributed by atoms with E-state index in [2.05, 4.69) is 43.5 Å². The lowest BCUT2D eigenvalue weighted by Crippen LogP contribution is -2.45. The molecule has 0 spiro atoms.